The number of anilines is 1. The van der Waals surface area contributed by atoms with Gasteiger partial charge >= 0.3 is 0 Å². The van der Waals surface area contributed by atoms with Crippen LogP contribution >= 0.6 is 47.1 Å². The van der Waals surface area contributed by atoms with E-state index in [2.05, 4.69) is 9.88 Å². The van der Waals surface area contributed by atoms with Gasteiger partial charge < -0.3 is 4.90 Å². The van der Waals surface area contributed by atoms with Crippen molar-refractivity contribution < 1.29 is 4.79 Å². The van der Waals surface area contributed by atoms with Crippen LogP contribution in [0.2, 0.25) is 5.02 Å². The smallest absolute Gasteiger partial charge is 0.239 e. The zero-order chi connectivity index (χ0) is 19.2. The normalized spacial score (nSPS) is 10.9. The number of hydrogen-bond donors (Lipinski definition) is 0. The molecule has 0 saturated carbocycles. The van der Waals surface area contributed by atoms with Crippen molar-refractivity contribution >= 4 is 68.4 Å². The molecule has 1 heterocycles. The summed E-state index contributed by atoms with van der Waals surface area (Å²) >= 11 is 9.34. The molecule has 1 amide bonds. The van der Waals surface area contributed by atoms with E-state index >= 15 is 0 Å². The summed E-state index contributed by atoms with van der Waals surface area (Å²) in [6, 6.07) is 15.7. The number of carbonyl (C=O) groups excluding carboxylic acids is 1. The molecular weight excluding hydrogens is 433 g/mol. The fraction of sp³-hybridized carbons (Fsp3) is 0.300. The first kappa shape index (κ1) is 23.0. The highest BCUT2D eigenvalue weighted by Gasteiger charge is 2.20. The second-order valence-electron chi connectivity index (χ2n) is 6.39. The molecule has 0 bridgehead atoms. The number of aromatic nitrogens is 1. The Balaban J connectivity index is 0.00000280. The summed E-state index contributed by atoms with van der Waals surface area (Å²) in [5.74, 6) is 0.452. The van der Waals surface area contributed by atoms with Crippen LogP contribution in [0.15, 0.2) is 53.4 Å². The van der Waals surface area contributed by atoms with Crippen LogP contribution in [0, 0.1) is 0 Å². The van der Waals surface area contributed by atoms with E-state index in [1.807, 2.05) is 62.6 Å². The van der Waals surface area contributed by atoms with Gasteiger partial charge in [-0.3, -0.25) is 9.69 Å². The maximum absolute atomic E-state index is 13.0. The van der Waals surface area contributed by atoms with Crippen molar-refractivity contribution in [2.75, 3.05) is 37.8 Å². The topological polar surface area (TPSA) is 36.4 Å². The van der Waals surface area contributed by atoms with Crippen LogP contribution < -0.4 is 4.90 Å². The van der Waals surface area contributed by atoms with E-state index < -0.39 is 0 Å². The molecule has 0 aliphatic rings. The van der Waals surface area contributed by atoms with E-state index in [9.17, 15) is 4.79 Å². The van der Waals surface area contributed by atoms with Crippen LogP contribution in [-0.2, 0) is 4.79 Å². The van der Waals surface area contributed by atoms with Gasteiger partial charge in [-0.05, 0) is 51.3 Å². The van der Waals surface area contributed by atoms with Gasteiger partial charge in [-0.2, -0.15) is 0 Å². The summed E-state index contributed by atoms with van der Waals surface area (Å²) in [5, 5.41) is 1.34. The number of halogens is 2. The third kappa shape index (κ3) is 6.09. The number of thiazole rings is 1. The third-order valence-electron chi connectivity index (χ3n) is 3.98. The average Bonchev–Trinajstić information content (AvgIpc) is 3.09. The minimum Gasteiger partial charge on any atom is -0.309 e. The Morgan fingerprint density at radius 1 is 1.11 bits per heavy atom. The average molecular weight is 456 g/mol. The van der Waals surface area contributed by atoms with Crippen molar-refractivity contribution in [3.05, 3.63) is 53.6 Å². The Hall–Kier alpha value is -1.31. The van der Waals surface area contributed by atoms with E-state index in [0.29, 0.717) is 17.3 Å². The molecule has 0 saturated heterocycles. The molecule has 3 rings (SSSR count). The predicted octanol–water partition coefficient (Wildman–Crippen LogP) is 5.45. The van der Waals surface area contributed by atoms with E-state index in [4.69, 9.17) is 11.6 Å². The number of hydrogen-bond acceptors (Lipinski definition) is 5. The van der Waals surface area contributed by atoms with Crippen LogP contribution in [-0.4, -0.2) is 48.7 Å². The molecule has 8 heteroatoms. The second kappa shape index (κ2) is 11.0. The van der Waals surface area contributed by atoms with Gasteiger partial charge in [-0.25, -0.2) is 4.98 Å². The van der Waals surface area contributed by atoms with Crippen molar-refractivity contribution in [2.24, 2.45) is 0 Å². The highest BCUT2D eigenvalue weighted by molar-refractivity contribution is 8.00. The standard InChI is InChI=1S/C20H22ClN3OS2.ClH/c1-23(2)12-7-13-24(18(25)14-26-15-8-4-3-5-9-15)20-22-19-16(21)10-6-11-17(19)27-20;/h3-6,8-11H,7,12-14H2,1-2H3;1H. The molecular formula is C20H23Cl2N3OS2. The molecule has 3 aromatic rings. The van der Waals surface area contributed by atoms with E-state index in [1.165, 1.54) is 11.3 Å². The van der Waals surface area contributed by atoms with Crippen LogP contribution in [0.4, 0.5) is 5.13 Å². The molecule has 0 unspecified atom stereocenters. The molecule has 1 aromatic heterocycles. The van der Waals surface area contributed by atoms with Crippen LogP contribution in [0.25, 0.3) is 10.2 Å². The molecule has 0 aliphatic carbocycles. The maximum Gasteiger partial charge on any atom is 0.239 e. The summed E-state index contributed by atoms with van der Waals surface area (Å²) < 4.78 is 0.999. The third-order valence-corrected chi connectivity index (χ3v) is 6.33. The number of nitrogens with zero attached hydrogens (tertiary/aromatic N) is 3. The highest BCUT2D eigenvalue weighted by Crippen LogP contribution is 2.33. The highest BCUT2D eigenvalue weighted by atomic mass is 35.5. The molecule has 4 nitrogen and oxygen atoms in total. The van der Waals surface area contributed by atoms with Gasteiger partial charge in [0.1, 0.15) is 5.52 Å². The van der Waals surface area contributed by atoms with Gasteiger partial charge in [-0.1, -0.05) is 47.2 Å². The van der Waals surface area contributed by atoms with Gasteiger partial charge in [0.2, 0.25) is 5.91 Å². The minimum absolute atomic E-state index is 0. The molecule has 0 spiro atoms. The van der Waals surface area contributed by atoms with Gasteiger partial charge in [0, 0.05) is 11.4 Å². The van der Waals surface area contributed by atoms with Gasteiger partial charge in [0.05, 0.1) is 15.5 Å². The lowest BCUT2D eigenvalue weighted by Gasteiger charge is -2.21. The minimum atomic E-state index is 0. The molecule has 0 N–H and O–H groups in total. The van der Waals surface area contributed by atoms with Crippen LogP contribution in [0.5, 0.6) is 0 Å². The molecule has 0 aliphatic heterocycles. The SMILES string of the molecule is CN(C)CCCN(C(=O)CSc1ccccc1)c1nc2c(Cl)cccc2s1.Cl. The summed E-state index contributed by atoms with van der Waals surface area (Å²) in [4.78, 5) is 22.7. The number of rotatable bonds is 8. The van der Waals surface area contributed by atoms with Crippen LogP contribution in [0.3, 0.4) is 0 Å². The Morgan fingerprint density at radius 3 is 2.54 bits per heavy atom. The lowest BCUT2D eigenvalue weighted by atomic mass is 10.3. The van der Waals surface area contributed by atoms with Crippen molar-refractivity contribution in [3.8, 4) is 0 Å². The summed E-state index contributed by atoms with van der Waals surface area (Å²) in [6.07, 6.45) is 0.887. The first-order valence-corrected chi connectivity index (χ1v) is 10.9. The van der Waals surface area contributed by atoms with Crippen LogP contribution in [0.1, 0.15) is 6.42 Å². The molecule has 28 heavy (non-hydrogen) atoms. The van der Waals surface area contributed by atoms with Gasteiger partial charge in [0.25, 0.3) is 0 Å². The Kier molecular flexibility index (Phi) is 9.05. The van der Waals surface area contributed by atoms with E-state index in [-0.39, 0.29) is 18.3 Å². The lowest BCUT2D eigenvalue weighted by molar-refractivity contribution is -0.116. The van der Waals surface area contributed by atoms with Crippen molar-refractivity contribution in [1.82, 2.24) is 9.88 Å². The molecule has 0 fully saturated rings. The van der Waals surface area contributed by atoms with E-state index in [0.717, 1.165) is 33.2 Å². The largest absolute Gasteiger partial charge is 0.309 e. The van der Waals surface area contributed by atoms with Crippen molar-refractivity contribution in [3.63, 3.8) is 0 Å². The number of carbonyl (C=O) groups is 1. The Labute approximate surface area is 185 Å². The quantitative estimate of drug-likeness (QED) is 0.423. The summed E-state index contributed by atoms with van der Waals surface area (Å²) in [7, 11) is 4.07. The number of benzene rings is 2. The Morgan fingerprint density at radius 2 is 1.86 bits per heavy atom. The van der Waals surface area contributed by atoms with Crippen molar-refractivity contribution in [2.45, 2.75) is 11.3 Å². The molecule has 2 aromatic carbocycles. The lowest BCUT2D eigenvalue weighted by Crippen LogP contribution is -2.34. The number of fused-ring (bicyclic) bond motifs is 1. The van der Waals surface area contributed by atoms with E-state index in [1.54, 1.807) is 16.7 Å². The van der Waals surface area contributed by atoms with Crippen molar-refractivity contribution in [1.29, 1.82) is 0 Å². The van der Waals surface area contributed by atoms with Gasteiger partial charge in [-0.15, -0.1) is 24.2 Å². The predicted molar refractivity (Wildman–Crippen MR) is 125 cm³/mol. The number of para-hydroxylation sites is 1. The first-order valence-electron chi connectivity index (χ1n) is 8.72. The Bertz CT molecular complexity index is 903. The monoisotopic (exact) mass is 455 g/mol. The molecule has 150 valence electrons. The maximum atomic E-state index is 13.0. The zero-order valence-electron chi connectivity index (χ0n) is 15.8. The zero-order valence-corrected chi connectivity index (χ0v) is 19.0. The molecule has 0 radical (unpaired) electrons. The number of thioether (sulfide) groups is 1. The first-order chi connectivity index (χ1) is 13.0. The fourth-order valence-electron chi connectivity index (χ4n) is 2.63. The fourth-order valence-corrected chi connectivity index (χ4v) is 4.73. The molecule has 0 atom stereocenters. The van der Waals surface area contributed by atoms with Gasteiger partial charge in [0.15, 0.2) is 5.13 Å². The summed E-state index contributed by atoms with van der Waals surface area (Å²) in [5.41, 5.74) is 0.764. The summed E-state index contributed by atoms with van der Waals surface area (Å²) in [6.45, 7) is 1.56. The number of amides is 1. The second-order valence-corrected chi connectivity index (χ2v) is 8.85.